The SMILES string of the molecule is CC1CC(CN)CN1C(C)c1ccccn1. The molecule has 3 nitrogen and oxygen atoms in total. The quantitative estimate of drug-likeness (QED) is 0.843. The highest BCUT2D eigenvalue weighted by atomic mass is 15.2. The van der Waals surface area contributed by atoms with E-state index in [1.54, 1.807) is 0 Å². The Kier molecular flexibility index (Phi) is 3.56. The lowest BCUT2D eigenvalue weighted by Gasteiger charge is -2.28. The second-order valence-electron chi connectivity index (χ2n) is 4.81. The molecule has 0 bridgehead atoms. The smallest absolute Gasteiger partial charge is 0.0572 e. The summed E-state index contributed by atoms with van der Waals surface area (Å²) >= 11 is 0. The number of pyridine rings is 1. The Balaban J connectivity index is 2.08. The Hall–Kier alpha value is -0.930. The maximum absolute atomic E-state index is 5.75. The molecule has 0 amide bonds. The zero-order valence-corrected chi connectivity index (χ0v) is 10.1. The van der Waals surface area contributed by atoms with E-state index in [4.69, 9.17) is 5.73 Å². The lowest BCUT2D eigenvalue weighted by Crippen LogP contribution is -2.31. The molecule has 2 heterocycles. The van der Waals surface area contributed by atoms with Crippen LogP contribution in [-0.2, 0) is 0 Å². The average molecular weight is 219 g/mol. The predicted octanol–water partition coefficient (Wildman–Crippen LogP) is 1.81. The second kappa shape index (κ2) is 4.93. The van der Waals surface area contributed by atoms with Crippen molar-refractivity contribution in [3.63, 3.8) is 0 Å². The molecule has 0 aliphatic carbocycles. The van der Waals surface area contributed by atoms with Crippen molar-refractivity contribution in [1.82, 2.24) is 9.88 Å². The first-order chi connectivity index (χ1) is 7.72. The Bertz CT molecular complexity index is 325. The van der Waals surface area contributed by atoms with Gasteiger partial charge in [-0.05, 0) is 44.9 Å². The van der Waals surface area contributed by atoms with E-state index in [1.807, 2.05) is 12.3 Å². The Morgan fingerprint density at radius 1 is 1.56 bits per heavy atom. The average Bonchev–Trinajstić information content (AvgIpc) is 2.71. The van der Waals surface area contributed by atoms with E-state index in [0.29, 0.717) is 18.0 Å². The van der Waals surface area contributed by atoms with Gasteiger partial charge in [0.05, 0.1) is 5.69 Å². The summed E-state index contributed by atoms with van der Waals surface area (Å²) in [6, 6.07) is 7.14. The molecule has 3 heteroatoms. The lowest BCUT2D eigenvalue weighted by atomic mass is 10.1. The zero-order chi connectivity index (χ0) is 11.5. The first-order valence-corrected chi connectivity index (χ1v) is 6.09. The van der Waals surface area contributed by atoms with Crippen molar-refractivity contribution in [3.05, 3.63) is 30.1 Å². The summed E-state index contributed by atoms with van der Waals surface area (Å²) in [4.78, 5) is 6.95. The number of nitrogens with two attached hydrogens (primary N) is 1. The summed E-state index contributed by atoms with van der Waals surface area (Å²) < 4.78 is 0. The molecular formula is C13H21N3. The third-order valence-electron chi connectivity index (χ3n) is 3.66. The van der Waals surface area contributed by atoms with Gasteiger partial charge in [-0.1, -0.05) is 6.07 Å². The molecule has 88 valence electrons. The van der Waals surface area contributed by atoms with Crippen molar-refractivity contribution in [2.75, 3.05) is 13.1 Å². The van der Waals surface area contributed by atoms with Crippen LogP contribution in [0.2, 0.25) is 0 Å². The van der Waals surface area contributed by atoms with E-state index in [9.17, 15) is 0 Å². The first kappa shape index (κ1) is 11.6. The van der Waals surface area contributed by atoms with Crippen molar-refractivity contribution >= 4 is 0 Å². The van der Waals surface area contributed by atoms with Crippen LogP contribution in [0, 0.1) is 5.92 Å². The fraction of sp³-hybridized carbons (Fsp3) is 0.615. The second-order valence-corrected chi connectivity index (χ2v) is 4.81. The summed E-state index contributed by atoms with van der Waals surface area (Å²) in [6.07, 6.45) is 3.08. The van der Waals surface area contributed by atoms with Gasteiger partial charge in [0.25, 0.3) is 0 Å². The fourth-order valence-corrected chi connectivity index (χ4v) is 2.67. The van der Waals surface area contributed by atoms with Gasteiger partial charge in [-0.15, -0.1) is 0 Å². The normalized spacial score (nSPS) is 28.2. The van der Waals surface area contributed by atoms with E-state index >= 15 is 0 Å². The van der Waals surface area contributed by atoms with Gasteiger partial charge in [0.1, 0.15) is 0 Å². The summed E-state index contributed by atoms with van der Waals surface area (Å²) in [5.74, 6) is 0.654. The van der Waals surface area contributed by atoms with Gasteiger partial charge in [-0.2, -0.15) is 0 Å². The molecule has 0 aromatic carbocycles. The number of likely N-dealkylation sites (tertiary alicyclic amines) is 1. The van der Waals surface area contributed by atoms with Crippen molar-refractivity contribution in [3.8, 4) is 0 Å². The molecule has 1 aliphatic heterocycles. The predicted molar refractivity (Wildman–Crippen MR) is 66.0 cm³/mol. The monoisotopic (exact) mass is 219 g/mol. The number of hydrogen-bond donors (Lipinski definition) is 1. The zero-order valence-electron chi connectivity index (χ0n) is 10.1. The van der Waals surface area contributed by atoms with Crippen molar-refractivity contribution in [2.45, 2.75) is 32.4 Å². The Morgan fingerprint density at radius 2 is 2.38 bits per heavy atom. The van der Waals surface area contributed by atoms with E-state index in [1.165, 1.54) is 6.42 Å². The van der Waals surface area contributed by atoms with E-state index in [0.717, 1.165) is 18.8 Å². The van der Waals surface area contributed by atoms with E-state index in [-0.39, 0.29) is 0 Å². The van der Waals surface area contributed by atoms with Crippen molar-refractivity contribution in [2.24, 2.45) is 11.7 Å². The summed E-state index contributed by atoms with van der Waals surface area (Å²) in [6.45, 7) is 6.43. The third-order valence-corrected chi connectivity index (χ3v) is 3.66. The molecule has 1 aliphatic rings. The molecule has 1 aromatic rings. The summed E-state index contributed by atoms with van der Waals surface area (Å²) in [7, 11) is 0. The first-order valence-electron chi connectivity index (χ1n) is 6.09. The maximum atomic E-state index is 5.75. The largest absolute Gasteiger partial charge is 0.330 e. The standard InChI is InChI=1S/C13H21N3/c1-10-7-12(8-14)9-16(10)11(2)13-5-3-4-6-15-13/h3-6,10-12H,7-9,14H2,1-2H3. The molecule has 0 radical (unpaired) electrons. The third kappa shape index (κ3) is 2.25. The van der Waals surface area contributed by atoms with Crippen LogP contribution in [0.1, 0.15) is 32.0 Å². The van der Waals surface area contributed by atoms with E-state index in [2.05, 4.69) is 35.9 Å². The van der Waals surface area contributed by atoms with Gasteiger partial charge in [-0.25, -0.2) is 0 Å². The van der Waals surface area contributed by atoms with Crippen LogP contribution in [0.4, 0.5) is 0 Å². The van der Waals surface area contributed by atoms with Crippen molar-refractivity contribution in [1.29, 1.82) is 0 Å². The minimum atomic E-state index is 0.396. The Morgan fingerprint density at radius 3 is 2.94 bits per heavy atom. The molecule has 16 heavy (non-hydrogen) atoms. The number of rotatable bonds is 3. The molecule has 0 spiro atoms. The van der Waals surface area contributed by atoms with Crippen LogP contribution in [-0.4, -0.2) is 29.0 Å². The van der Waals surface area contributed by atoms with E-state index < -0.39 is 0 Å². The minimum absolute atomic E-state index is 0.396. The molecular weight excluding hydrogens is 198 g/mol. The van der Waals surface area contributed by atoms with Gasteiger partial charge < -0.3 is 5.73 Å². The van der Waals surface area contributed by atoms with Crippen molar-refractivity contribution < 1.29 is 0 Å². The van der Waals surface area contributed by atoms with Crippen LogP contribution in [0.15, 0.2) is 24.4 Å². The minimum Gasteiger partial charge on any atom is -0.330 e. The molecule has 2 N–H and O–H groups in total. The number of nitrogens with zero attached hydrogens (tertiary/aromatic N) is 2. The van der Waals surface area contributed by atoms with Crippen LogP contribution >= 0.6 is 0 Å². The number of hydrogen-bond acceptors (Lipinski definition) is 3. The topological polar surface area (TPSA) is 42.1 Å². The van der Waals surface area contributed by atoms with Gasteiger partial charge in [0.15, 0.2) is 0 Å². The van der Waals surface area contributed by atoms with Crippen LogP contribution in [0.3, 0.4) is 0 Å². The molecule has 1 aromatic heterocycles. The maximum Gasteiger partial charge on any atom is 0.0572 e. The molecule has 1 fully saturated rings. The highest BCUT2D eigenvalue weighted by Crippen LogP contribution is 2.30. The van der Waals surface area contributed by atoms with Gasteiger partial charge >= 0.3 is 0 Å². The van der Waals surface area contributed by atoms with Crippen LogP contribution < -0.4 is 5.73 Å². The van der Waals surface area contributed by atoms with Gasteiger partial charge in [-0.3, -0.25) is 9.88 Å². The molecule has 3 unspecified atom stereocenters. The molecule has 3 atom stereocenters. The van der Waals surface area contributed by atoms with Gasteiger partial charge in [0, 0.05) is 24.8 Å². The fourth-order valence-electron chi connectivity index (χ4n) is 2.67. The highest BCUT2D eigenvalue weighted by molar-refractivity contribution is 5.09. The van der Waals surface area contributed by atoms with Crippen LogP contribution in [0.5, 0.6) is 0 Å². The Labute approximate surface area is 97.7 Å². The summed E-state index contributed by atoms with van der Waals surface area (Å²) in [5.41, 5.74) is 6.91. The van der Waals surface area contributed by atoms with Gasteiger partial charge in [0.2, 0.25) is 0 Å². The van der Waals surface area contributed by atoms with Crippen LogP contribution in [0.25, 0.3) is 0 Å². The molecule has 1 saturated heterocycles. The molecule has 0 saturated carbocycles. The highest BCUT2D eigenvalue weighted by Gasteiger charge is 2.32. The number of aromatic nitrogens is 1. The lowest BCUT2D eigenvalue weighted by molar-refractivity contribution is 0.197. The molecule has 2 rings (SSSR count). The summed E-state index contributed by atoms with van der Waals surface area (Å²) in [5, 5.41) is 0.